The topological polar surface area (TPSA) is 53.6 Å². The summed E-state index contributed by atoms with van der Waals surface area (Å²) >= 11 is 0. The van der Waals surface area contributed by atoms with E-state index < -0.39 is 0 Å². The van der Waals surface area contributed by atoms with Crippen molar-refractivity contribution in [3.8, 4) is 0 Å². The minimum Gasteiger partial charge on any atom is -0.310 e. The third-order valence-corrected chi connectivity index (χ3v) is 2.03. The molecule has 0 saturated heterocycles. The van der Waals surface area contributed by atoms with E-state index in [2.05, 4.69) is 27.4 Å². The van der Waals surface area contributed by atoms with Crippen LogP contribution in [-0.2, 0) is 6.54 Å². The minimum atomic E-state index is 0.650. The smallest absolute Gasteiger partial charge is 0.153 e. The molecule has 66 valence electrons. The zero-order valence-electron chi connectivity index (χ0n) is 7.30. The first kappa shape index (κ1) is 7.73. The molecule has 1 aromatic rings. The average molecular weight is 166 g/mol. The third kappa shape index (κ3) is 1.64. The van der Waals surface area contributed by atoms with Crippen LogP contribution in [-0.4, -0.2) is 21.7 Å². The molecule has 1 aliphatic carbocycles. The van der Waals surface area contributed by atoms with Gasteiger partial charge in [0.25, 0.3) is 0 Å². The normalized spacial score (nSPS) is 16.8. The lowest BCUT2D eigenvalue weighted by atomic mass is 10.4. The highest BCUT2D eigenvalue weighted by Crippen LogP contribution is 2.37. The Hall–Kier alpha value is -0.900. The van der Waals surface area contributed by atoms with E-state index in [0.717, 1.165) is 24.7 Å². The fourth-order valence-electron chi connectivity index (χ4n) is 1.16. The number of nitrogens with zero attached hydrogens (tertiary/aromatic N) is 2. The van der Waals surface area contributed by atoms with Crippen LogP contribution in [0.1, 0.15) is 37.3 Å². The number of hydrogen-bond donors (Lipinski definition) is 2. The van der Waals surface area contributed by atoms with Crippen molar-refractivity contribution in [1.82, 2.24) is 20.5 Å². The Bertz CT molecular complexity index is 251. The first-order chi connectivity index (χ1) is 5.90. The van der Waals surface area contributed by atoms with E-state index >= 15 is 0 Å². The van der Waals surface area contributed by atoms with Crippen molar-refractivity contribution in [1.29, 1.82) is 0 Å². The highest BCUT2D eigenvalue weighted by molar-refractivity contribution is 5.04. The van der Waals surface area contributed by atoms with Crippen molar-refractivity contribution in [2.45, 2.75) is 32.2 Å². The first-order valence-corrected chi connectivity index (χ1v) is 4.52. The fraction of sp³-hybridized carbons (Fsp3) is 0.750. The van der Waals surface area contributed by atoms with Gasteiger partial charge in [-0.15, -0.1) is 0 Å². The van der Waals surface area contributed by atoms with E-state index in [9.17, 15) is 0 Å². The van der Waals surface area contributed by atoms with Crippen molar-refractivity contribution < 1.29 is 0 Å². The van der Waals surface area contributed by atoms with E-state index in [1.807, 2.05) is 0 Å². The lowest BCUT2D eigenvalue weighted by molar-refractivity contribution is 0.693. The second-order valence-electron chi connectivity index (χ2n) is 3.19. The number of aromatic amines is 1. The Morgan fingerprint density at radius 2 is 2.42 bits per heavy atom. The molecule has 0 bridgehead atoms. The summed E-state index contributed by atoms with van der Waals surface area (Å²) in [6, 6.07) is 0. The maximum atomic E-state index is 4.38. The van der Waals surface area contributed by atoms with E-state index in [-0.39, 0.29) is 0 Å². The van der Waals surface area contributed by atoms with Gasteiger partial charge in [-0.25, -0.2) is 4.98 Å². The van der Waals surface area contributed by atoms with Gasteiger partial charge in [0.1, 0.15) is 5.82 Å². The predicted molar refractivity (Wildman–Crippen MR) is 45.7 cm³/mol. The summed E-state index contributed by atoms with van der Waals surface area (Å²) in [5.41, 5.74) is 0. The standard InChI is InChI=1S/C8H14N4/c1-2-9-5-7-10-8(12-11-7)6-3-4-6/h6,9H,2-5H2,1H3,(H,10,11,12). The van der Waals surface area contributed by atoms with Gasteiger partial charge in [-0.2, -0.15) is 5.10 Å². The monoisotopic (exact) mass is 166 g/mol. The van der Waals surface area contributed by atoms with E-state index in [1.54, 1.807) is 0 Å². The molecule has 0 radical (unpaired) electrons. The summed E-state index contributed by atoms with van der Waals surface area (Å²) < 4.78 is 0. The van der Waals surface area contributed by atoms with Crippen molar-refractivity contribution in [3.63, 3.8) is 0 Å². The molecule has 1 aliphatic rings. The molecule has 0 aromatic carbocycles. The molecule has 12 heavy (non-hydrogen) atoms. The molecule has 2 N–H and O–H groups in total. The van der Waals surface area contributed by atoms with Gasteiger partial charge in [0.05, 0.1) is 6.54 Å². The van der Waals surface area contributed by atoms with Gasteiger partial charge in [-0.1, -0.05) is 6.92 Å². The molecule has 4 nitrogen and oxygen atoms in total. The SMILES string of the molecule is CCNCc1nc(C2CC2)n[nH]1. The molecule has 1 saturated carbocycles. The molecule has 4 heteroatoms. The maximum Gasteiger partial charge on any atom is 0.153 e. The minimum absolute atomic E-state index is 0.650. The molecular weight excluding hydrogens is 152 g/mol. The summed E-state index contributed by atoms with van der Waals surface area (Å²) in [6.07, 6.45) is 2.52. The number of hydrogen-bond acceptors (Lipinski definition) is 3. The van der Waals surface area contributed by atoms with Gasteiger partial charge < -0.3 is 5.32 Å². The molecule has 0 spiro atoms. The predicted octanol–water partition coefficient (Wildman–Crippen LogP) is 0.792. The molecule has 1 aromatic heterocycles. The second-order valence-corrected chi connectivity index (χ2v) is 3.19. The van der Waals surface area contributed by atoms with Crippen molar-refractivity contribution in [2.24, 2.45) is 0 Å². The van der Waals surface area contributed by atoms with Gasteiger partial charge in [0.2, 0.25) is 0 Å². The Morgan fingerprint density at radius 3 is 3.08 bits per heavy atom. The Kier molecular flexibility index (Phi) is 2.08. The van der Waals surface area contributed by atoms with Crippen LogP contribution in [0.5, 0.6) is 0 Å². The molecule has 1 heterocycles. The van der Waals surface area contributed by atoms with Crippen LogP contribution in [0.15, 0.2) is 0 Å². The quantitative estimate of drug-likeness (QED) is 0.695. The fourth-order valence-corrected chi connectivity index (χ4v) is 1.16. The van der Waals surface area contributed by atoms with Crippen LogP contribution in [0.3, 0.4) is 0 Å². The zero-order valence-corrected chi connectivity index (χ0v) is 7.30. The maximum absolute atomic E-state index is 4.38. The highest BCUT2D eigenvalue weighted by atomic mass is 15.2. The summed E-state index contributed by atoms with van der Waals surface area (Å²) in [6.45, 7) is 3.86. The first-order valence-electron chi connectivity index (χ1n) is 4.52. The van der Waals surface area contributed by atoms with E-state index in [4.69, 9.17) is 0 Å². The molecule has 0 aliphatic heterocycles. The molecule has 0 unspecified atom stereocenters. The number of aromatic nitrogens is 3. The molecule has 2 rings (SSSR count). The Labute approximate surface area is 71.8 Å². The Balaban J connectivity index is 1.93. The summed E-state index contributed by atoms with van der Waals surface area (Å²) in [5.74, 6) is 2.61. The van der Waals surface area contributed by atoms with Crippen LogP contribution in [0.4, 0.5) is 0 Å². The lowest BCUT2D eigenvalue weighted by Gasteiger charge is -1.94. The summed E-state index contributed by atoms with van der Waals surface area (Å²) in [7, 11) is 0. The molecular formula is C8H14N4. The number of H-pyrrole nitrogens is 1. The van der Waals surface area contributed by atoms with Crippen molar-refractivity contribution in [2.75, 3.05) is 6.54 Å². The van der Waals surface area contributed by atoms with Crippen LogP contribution >= 0.6 is 0 Å². The van der Waals surface area contributed by atoms with Crippen LogP contribution in [0.25, 0.3) is 0 Å². The molecule has 0 amide bonds. The Morgan fingerprint density at radius 1 is 1.58 bits per heavy atom. The summed E-state index contributed by atoms with van der Waals surface area (Å²) in [5, 5.41) is 10.3. The van der Waals surface area contributed by atoms with Gasteiger partial charge >= 0.3 is 0 Å². The van der Waals surface area contributed by atoms with Gasteiger partial charge in [-0.05, 0) is 19.4 Å². The van der Waals surface area contributed by atoms with Crippen LogP contribution in [0.2, 0.25) is 0 Å². The van der Waals surface area contributed by atoms with Crippen molar-refractivity contribution >= 4 is 0 Å². The molecule has 1 fully saturated rings. The number of nitrogens with one attached hydrogen (secondary N) is 2. The van der Waals surface area contributed by atoms with Gasteiger partial charge in [0, 0.05) is 5.92 Å². The lowest BCUT2D eigenvalue weighted by Crippen LogP contribution is -2.12. The average Bonchev–Trinajstić information content (AvgIpc) is 2.83. The van der Waals surface area contributed by atoms with E-state index in [1.165, 1.54) is 12.8 Å². The largest absolute Gasteiger partial charge is 0.310 e. The van der Waals surface area contributed by atoms with E-state index in [0.29, 0.717) is 5.92 Å². The third-order valence-electron chi connectivity index (χ3n) is 2.03. The van der Waals surface area contributed by atoms with Crippen LogP contribution in [0, 0.1) is 0 Å². The van der Waals surface area contributed by atoms with Crippen LogP contribution < -0.4 is 5.32 Å². The van der Waals surface area contributed by atoms with Gasteiger partial charge in [-0.3, -0.25) is 5.10 Å². The molecule has 0 atom stereocenters. The number of rotatable bonds is 4. The highest BCUT2D eigenvalue weighted by Gasteiger charge is 2.27. The second kappa shape index (κ2) is 3.23. The zero-order chi connectivity index (χ0) is 8.39. The van der Waals surface area contributed by atoms with Gasteiger partial charge in [0.15, 0.2) is 5.82 Å². The summed E-state index contributed by atoms with van der Waals surface area (Å²) in [4.78, 5) is 4.38. The van der Waals surface area contributed by atoms with Crippen molar-refractivity contribution in [3.05, 3.63) is 11.6 Å².